The summed E-state index contributed by atoms with van der Waals surface area (Å²) in [5.74, 6) is 1.68. The quantitative estimate of drug-likeness (QED) is 0.212. The van der Waals surface area contributed by atoms with Gasteiger partial charge in [-0.25, -0.2) is 20.0 Å². The normalized spacial score (nSPS) is 16.7. The number of benzene rings is 4. The van der Waals surface area contributed by atoms with Gasteiger partial charge in [-0.15, -0.1) is 0 Å². The van der Waals surface area contributed by atoms with E-state index in [1.54, 1.807) is 12.4 Å². The van der Waals surface area contributed by atoms with Gasteiger partial charge in [0.1, 0.15) is 11.4 Å². The molecule has 0 radical (unpaired) electrons. The highest BCUT2D eigenvalue weighted by Crippen LogP contribution is 2.35. The molecule has 2 atom stereocenters. The molecule has 6 nitrogen and oxygen atoms in total. The maximum atomic E-state index is 4.88. The Kier molecular flexibility index (Phi) is 8.68. The van der Waals surface area contributed by atoms with Crippen LogP contribution in [-0.4, -0.2) is 21.4 Å². The van der Waals surface area contributed by atoms with E-state index in [1.165, 1.54) is 11.1 Å². The first-order valence-corrected chi connectivity index (χ1v) is 15.6. The lowest BCUT2D eigenvalue weighted by atomic mass is 9.97. The number of nitrogens with zero attached hydrogens (tertiary/aromatic N) is 4. The number of hydrogen-bond acceptors (Lipinski definition) is 6. The molecule has 2 N–H and O–H groups in total. The Morgan fingerprint density at radius 3 is 1.17 bits per heavy atom. The van der Waals surface area contributed by atoms with Crippen LogP contribution in [0.4, 0.5) is 23.0 Å². The zero-order chi connectivity index (χ0) is 31.0. The zero-order valence-electron chi connectivity index (χ0n) is 25.4. The summed E-state index contributed by atoms with van der Waals surface area (Å²) in [6.45, 7) is 0. The second-order valence-electron chi connectivity index (χ2n) is 11.2. The van der Waals surface area contributed by atoms with E-state index in [9.17, 15) is 0 Å². The largest absolute Gasteiger partial charge is 0.361 e. The van der Waals surface area contributed by atoms with Crippen molar-refractivity contribution in [2.45, 2.75) is 24.9 Å². The highest BCUT2D eigenvalue weighted by molar-refractivity contribution is 6.04. The molecule has 0 aliphatic carbocycles. The molecule has 46 heavy (non-hydrogen) atoms. The van der Waals surface area contributed by atoms with Crippen molar-refractivity contribution in [3.8, 4) is 0 Å². The lowest BCUT2D eigenvalue weighted by Gasteiger charge is -2.18. The summed E-state index contributed by atoms with van der Waals surface area (Å²) in [6.07, 6.45) is 5.25. The van der Waals surface area contributed by atoms with Crippen LogP contribution in [0.1, 0.15) is 47.2 Å². The van der Waals surface area contributed by atoms with Crippen LogP contribution in [0.5, 0.6) is 0 Å². The number of anilines is 2. The minimum atomic E-state index is 0.159. The Morgan fingerprint density at radius 2 is 0.783 bits per heavy atom. The van der Waals surface area contributed by atoms with Crippen molar-refractivity contribution < 1.29 is 0 Å². The summed E-state index contributed by atoms with van der Waals surface area (Å²) in [4.78, 5) is 18.7. The molecule has 0 amide bonds. The third kappa shape index (κ3) is 6.76. The Bertz CT molecular complexity index is 1800. The molecule has 0 bridgehead atoms. The third-order valence-corrected chi connectivity index (χ3v) is 8.12. The van der Waals surface area contributed by atoms with Crippen molar-refractivity contribution in [2.75, 3.05) is 10.6 Å². The van der Waals surface area contributed by atoms with Crippen molar-refractivity contribution in [3.05, 3.63) is 180 Å². The molecule has 224 valence electrons. The van der Waals surface area contributed by atoms with Crippen molar-refractivity contribution in [2.24, 2.45) is 9.98 Å². The summed E-state index contributed by atoms with van der Waals surface area (Å²) in [5.41, 5.74) is 8.76. The van der Waals surface area contributed by atoms with E-state index in [4.69, 9.17) is 9.98 Å². The maximum Gasteiger partial charge on any atom is 0.152 e. The zero-order valence-corrected chi connectivity index (χ0v) is 25.4. The molecule has 2 aliphatic heterocycles. The van der Waals surface area contributed by atoms with Crippen LogP contribution in [0.15, 0.2) is 168 Å². The van der Waals surface area contributed by atoms with Crippen molar-refractivity contribution >= 4 is 34.4 Å². The highest BCUT2D eigenvalue weighted by atomic mass is 15.1. The van der Waals surface area contributed by atoms with Gasteiger partial charge in [-0.2, -0.15) is 0 Å². The molecular weight excluding hydrogens is 564 g/mol. The number of fused-ring (bicyclic) bond motifs is 2. The minimum absolute atomic E-state index is 0.159. The Hall–Kier alpha value is -5.88. The second-order valence-corrected chi connectivity index (χ2v) is 11.2. The number of aliphatic imine (C=N–C) groups is 2. The Labute approximate surface area is 269 Å². The van der Waals surface area contributed by atoms with Crippen LogP contribution in [-0.2, 0) is 0 Å². The first kappa shape index (κ1) is 28.9. The van der Waals surface area contributed by atoms with Crippen LogP contribution >= 0.6 is 0 Å². The minimum Gasteiger partial charge on any atom is -0.361 e. The molecule has 6 heteroatoms. The van der Waals surface area contributed by atoms with Gasteiger partial charge in [-0.05, 0) is 46.5 Å². The van der Waals surface area contributed by atoms with Gasteiger partial charge < -0.3 is 10.6 Å². The molecule has 0 fully saturated rings. The topological polar surface area (TPSA) is 74.6 Å². The lowest BCUT2D eigenvalue weighted by Crippen LogP contribution is -2.14. The maximum absolute atomic E-state index is 4.88. The third-order valence-electron chi connectivity index (χ3n) is 8.12. The summed E-state index contributed by atoms with van der Waals surface area (Å²) in [5, 5.41) is 7.10. The Balaban J connectivity index is 0.000000147. The number of nitrogens with one attached hydrogen (secondary N) is 2. The van der Waals surface area contributed by atoms with Gasteiger partial charge in [-0.3, -0.25) is 0 Å². The van der Waals surface area contributed by atoms with Crippen LogP contribution in [0.3, 0.4) is 0 Å². The van der Waals surface area contributed by atoms with E-state index < -0.39 is 0 Å². The van der Waals surface area contributed by atoms with Crippen molar-refractivity contribution in [3.63, 3.8) is 0 Å². The monoisotopic (exact) mass is 598 g/mol. The summed E-state index contributed by atoms with van der Waals surface area (Å²) >= 11 is 0. The first-order chi connectivity index (χ1) is 22.8. The van der Waals surface area contributed by atoms with Crippen LogP contribution in [0, 0.1) is 0 Å². The standard InChI is InChI=1S/2C20H17N3/c2*1-3-8-15(9-4-1)18-14-19(16-10-5-2-6-11-16)23-20-17(22-18)12-7-13-21-20/h2*1-13,19H,14H2,(H,21,23)/t2*19-/m10/s1. The predicted octanol–water partition coefficient (Wildman–Crippen LogP) is 9.52. The van der Waals surface area contributed by atoms with Gasteiger partial charge in [-0.1, -0.05) is 121 Å². The van der Waals surface area contributed by atoms with E-state index >= 15 is 0 Å². The lowest BCUT2D eigenvalue weighted by molar-refractivity contribution is 0.822. The van der Waals surface area contributed by atoms with Gasteiger partial charge >= 0.3 is 0 Å². The number of aromatic nitrogens is 2. The number of rotatable bonds is 4. The molecule has 4 heterocycles. The van der Waals surface area contributed by atoms with E-state index in [1.807, 2.05) is 48.5 Å². The van der Waals surface area contributed by atoms with Gasteiger partial charge in [0.05, 0.1) is 23.5 Å². The first-order valence-electron chi connectivity index (χ1n) is 15.6. The van der Waals surface area contributed by atoms with Gasteiger partial charge in [0.15, 0.2) is 11.6 Å². The van der Waals surface area contributed by atoms with Gasteiger partial charge in [0.25, 0.3) is 0 Å². The number of pyridine rings is 2. The fourth-order valence-electron chi connectivity index (χ4n) is 5.80. The van der Waals surface area contributed by atoms with Crippen LogP contribution in [0.25, 0.3) is 0 Å². The SMILES string of the molecule is c1ccc(C2=Nc3cccnc3N[C@@H](c3ccccc3)C2)cc1.c1ccc(C2=Nc3cccnc3N[C@H](c3ccccc3)C2)cc1. The average molecular weight is 599 g/mol. The molecule has 0 saturated carbocycles. The second kappa shape index (κ2) is 13.8. The molecule has 0 spiro atoms. The molecule has 2 aliphatic rings. The van der Waals surface area contributed by atoms with E-state index in [-0.39, 0.29) is 12.1 Å². The van der Waals surface area contributed by atoms with Gasteiger partial charge in [0, 0.05) is 25.2 Å². The Morgan fingerprint density at radius 1 is 0.413 bits per heavy atom. The molecule has 6 aromatic rings. The van der Waals surface area contributed by atoms with Crippen LogP contribution < -0.4 is 10.6 Å². The summed E-state index contributed by atoms with van der Waals surface area (Å²) < 4.78 is 0. The summed E-state index contributed by atoms with van der Waals surface area (Å²) in [6, 6.07) is 49.9. The van der Waals surface area contributed by atoms with E-state index in [2.05, 4.69) is 118 Å². The molecule has 0 saturated heterocycles. The fourth-order valence-corrected chi connectivity index (χ4v) is 5.80. The van der Waals surface area contributed by atoms with Crippen molar-refractivity contribution in [1.29, 1.82) is 0 Å². The molecular formula is C40H34N6. The van der Waals surface area contributed by atoms with E-state index in [0.717, 1.165) is 58.4 Å². The van der Waals surface area contributed by atoms with Gasteiger partial charge in [0.2, 0.25) is 0 Å². The molecule has 2 aromatic heterocycles. The number of hydrogen-bond donors (Lipinski definition) is 2. The highest BCUT2D eigenvalue weighted by Gasteiger charge is 2.22. The predicted molar refractivity (Wildman–Crippen MR) is 189 cm³/mol. The van der Waals surface area contributed by atoms with Crippen LogP contribution in [0.2, 0.25) is 0 Å². The average Bonchev–Trinajstić information content (AvgIpc) is 3.46. The van der Waals surface area contributed by atoms with Crippen molar-refractivity contribution in [1.82, 2.24) is 9.97 Å². The smallest absolute Gasteiger partial charge is 0.152 e. The summed E-state index contributed by atoms with van der Waals surface area (Å²) in [7, 11) is 0. The fraction of sp³-hybridized carbons (Fsp3) is 0.100. The van der Waals surface area contributed by atoms with E-state index in [0.29, 0.717) is 0 Å². The molecule has 8 rings (SSSR count). The molecule has 4 aromatic carbocycles. The molecule has 0 unspecified atom stereocenters.